The number of hydrogen-bond donors (Lipinski definition) is 1. The highest BCUT2D eigenvalue weighted by Gasteiger charge is 2.08. The molecule has 0 atom stereocenters. The van der Waals surface area contributed by atoms with Crippen LogP contribution in [-0.4, -0.2) is 10.9 Å². The van der Waals surface area contributed by atoms with Crippen LogP contribution in [0.15, 0.2) is 52.9 Å². The quantitative estimate of drug-likeness (QED) is 0.784. The molecule has 4 heteroatoms. The molecule has 1 N–H and O–H groups in total. The van der Waals surface area contributed by atoms with Crippen molar-refractivity contribution < 1.29 is 9.21 Å². The number of hydrogen-bond acceptors (Lipinski definition) is 3. The first-order valence-corrected chi connectivity index (χ1v) is 7.38. The van der Waals surface area contributed by atoms with Gasteiger partial charge in [0, 0.05) is 6.42 Å². The lowest BCUT2D eigenvalue weighted by Gasteiger charge is -2.05. The van der Waals surface area contributed by atoms with Crippen LogP contribution >= 0.6 is 0 Å². The van der Waals surface area contributed by atoms with E-state index in [2.05, 4.69) is 29.4 Å². The van der Waals surface area contributed by atoms with Crippen LogP contribution in [0.2, 0.25) is 0 Å². The molecule has 0 aliphatic carbocycles. The summed E-state index contributed by atoms with van der Waals surface area (Å²) in [7, 11) is 0. The van der Waals surface area contributed by atoms with Crippen LogP contribution in [0.1, 0.15) is 23.4 Å². The third-order valence-electron chi connectivity index (χ3n) is 3.66. The van der Waals surface area contributed by atoms with E-state index < -0.39 is 0 Å². The second kappa shape index (κ2) is 6.43. The lowest BCUT2D eigenvalue weighted by Crippen LogP contribution is -2.23. The predicted octanol–water partition coefficient (Wildman–Crippen LogP) is 3.39. The van der Waals surface area contributed by atoms with Crippen molar-refractivity contribution in [1.82, 2.24) is 10.3 Å². The molecular weight excluding hydrogens is 276 g/mol. The number of amides is 1. The molecule has 0 bridgehead atoms. The van der Waals surface area contributed by atoms with Gasteiger partial charge in [-0.1, -0.05) is 36.4 Å². The van der Waals surface area contributed by atoms with Crippen molar-refractivity contribution in [3.8, 4) is 0 Å². The van der Waals surface area contributed by atoms with Crippen LogP contribution in [0, 0.1) is 6.92 Å². The van der Waals surface area contributed by atoms with E-state index >= 15 is 0 Å². The molecule has 1 heterocycles. The van der Waals surface area contributed by atoms with Gasteiger partial charge in [0.25, 0.3) is 0 Å². The number of nitrogens with one attached hydrogen (secondary N) is 1. The molecule has 0 aliphatic rings. The molecule has 4 nitrogen and oxygen atoms in total. The normalized spacial score (nSPS) is 10.8. The van der Waals surface area contributed by atoms with Crippen LogP contribution in [0.3, 0.4) is 0 Å². The Morgan fingerprint density at radius 2 is 1.91 bits per heavy atom. The molecule has 0 radical (unpaired) electrons. The van der Waals surface area contributed by atoms with Gasteiger partial charge in [0.1, 0.15) is 5.52 Å². The van der Waals surface area contributed by atoms with E-state index in [1.165, 1.54) is 11.1 Å². The zero-order valence-electron chi connectivity index (χ0n) is 12.5. The highest BCUT2D eigenvalue weighted by molar-refractivity contribution is 5.76. The summed E-state index contributed by atoms with van der Waals surface area (Å²) in [5.74, 6) is 0.538. The Morgan fingerprint density at radius 3 is 2.73 bits per heavy atom. The van der Waals surface area contributed by atoms with Crippen molar-refractivity contribution in [2.24, 2.45) is 0 Å². The smallest absolute Gasteiger partial charge is 0.220 e. The number of rotatable bonds is 5. The summed E-state index contributed by atoms with van der Waals surface area (Å²) in [6.45, 7) is 2.38. The van der Waals surface area contributed by atoms with E-state index in [1.807, 2.05) is 36.4 Å². The van der Waals surface area contributed by atoms with E-state index in [0.29, 0.717) is 18.9 Å². The first kappa shape index (κ1) is 14.3. The number of nitrogens with zero attached hydrogens (tertiary/aromatic N) is 1. The summed E-state index contributed by atoms with van der Waals surface area (Å²) in [6.07, 6.45) is 1.21. The molecule has 1 aromatic heterocycles. The van der Waals surface area contributed by atoms with Crippen molar-refractivity contribution in [3.63, 3.8) is 0 Å². The van der Waals surface area contributed by atoms with Gasteiger partial charge in [-0.05, 0) is 36.6 Å². The van der Waals surface area contributed by atoms with Gasteiger partial charge < -0.3 is 9.73 Å². The number of carbonyl (C=O) groups is 1. The standard InChI is InChI=1S/C18H18N2O2/c1-13-6-2-3-7-14(13)10-11-17(21)19-12-18-20-15-8-4-5-9-16(15)22-18/h2-9H,10-12H2,1H3,(H,19,21). The van der Waals surface area contributed by atoms with Crippen molar-refractivity contribution in [2.75, 3.05) is 0 Å². The lowest BCUT2D eigenvalue weighted by atomic mass is 10.0. The van der Waals surface area contributed by atoms with Gasteiger partial charge in [0.15, 0.2) is 5.58 Å². The number of oxazole rings is 1. The maximum absolute atomic E-state index is 11.9. The minimum atomic E-state index is 0.00510. The molecule has 2 aromatic carbocycles. The summed E-state index contributed by atoms with van der Waals surface area (Å²) in [4.78, 5) is 16.3. The molecule has 0 aliphatic heterocycles. The molecule has 0 saturated carbocycles. The molecule has 22 heavy (non-hydrogen) atoms. The van der Waals surface area contributed by atoms with E-state index in [0.717, 1.165) is 17.5 Å². The monoisotopic (exact) mass is 294 g/mol. The molecule has 0 spiro atoms. The topological polar surface area (TPSA) is 55.1 Å². The molecule has 1 amide bonds. The summed E-state index contributed by atoms with van der Waals surface area (Å²) < 4.78 is 5.57. The fourth-order valence-corrected chi connectivity index (χ4v) is 2.40. The first-order valence-electron chi connectivity index (χ1n) is 7.38. The van der Waals surface area contributed by atoms with Gasteiger partial charge in [-0.15, -0.1) is 0 Å². The SMILES string of the molecule is Cc1ccccc1CCC(=O)NCc1nc2ccccc2o1. The average molecular weight is 294 g/mol. The Balaban J connectivity index is 1.53. The zero-order chi connectivity index (χ0) is 15.4. The molecule has 112 valence electrons. The Kier molecular flexibility index (Phi) is 4.19. The van der Waals surface area contributed by atoms with Gasteiger partial charge in [-0.2, -0.15) is 0 Å². The van der Waals surface area contributed by atoms with Crippen LogP contribution in [0.4, 0.5) is 0 Å². The first-order chi connectivity index (χ1) is 10.7. The lowest BCUT2D eigenvalue weighted by molar-refractivity contribution is -0.121. The number of benzene rings is 2. The molecule has 3 aromatic rings. The summed E-state index contributed by atoms with van der Waals surface area (Å²) >= 11 is 0. The largest absolute Gasteiger partial charge is 0.439 e. The summed E-state index contributed by atoms with van der Waals surface area (Å²) in [6, 6.07) is 15.7. The van der Waals surface area contributed by atoms with Crippen LogP contribution in [0.25, 0.3) is 11.1 Å². The van der Waals surface area contributed by atoms with E-state index in [1.54, 1.807) is 0 Å². The molecule has 0 fully saturated rings. The zero-order valence-corrected chi connectivity index (χ0v) is 12.5. The van der Waals surface area contributed by atoms with Gasteiger partial charge >= 0.3 is 0 Å². The molecular formula is C18H18N2O2. The van der Waals surface area contributed by atoms with Gasteiger partial charge in [0.05, 0.1) is 6.54 Å². The van der Waals surface area contributed by atoms with E-state index in [9.17, 15) is 4.79 Å². The van der Waals surface area contributed by atoms with Gasteiger partial charge in [-0.3, -0.25) is 4.79 Å². The maximum Gasteiger partial charge on any atom is 0.220 e. The second-order valence-electron chi connectivity index (χ2n) is 5.28. The number of carbonyl (C=O) groups excluding carboxylic acids is 1. The van der Waals surface area contributed by atoms with E-state index in [-0.39, 0.29) is 5.91 Å². The molecule has 0 unspecified atom stereocenters. The van der Waals surface area contributed by atoms with Gasteiger partial charge in [-0.25, -0.2) is 4.98 Å². The van der Waals surface area contributed by atoms with Crippen molar-refractivity contribution in [3.05, 3.63) is 65.5 Å². The Bertz CT molecular complexity index is 759. The number of para-hydroxylation sites is 2. The second-order valence-corrected chi connectivity index (χ2v) is 5.28. The average Bonchev–Trinajstić information content (AvgIpc) is 2.95. The van der Waals surface area contributed by atoms with Crippen LogP contribution < -0.4 is 5.32 Å². The number of fused-ring (bicyclic) bond motifs is 1. The summed E-state index contributed by atoms with van der Waals surface area (Å²) in [5.41, 5.74) is 3.98. The third-order valence-corrected chi connectivity index (χ3v) is 3.66. The summed E-state index contributed by atoms with van der Waals surface area (Å²) in [5, 5.41) is 2.85. The van der Waals surface area contributed by atoms with Crippen molar-refractivity contribution >= 4 is 17.0 Å². The fraction of sp³-hybridized carbons (Fsp3) is 0.222. The molecule has 0 saturated heterocycles. The highest BCUT2D eigenvalue weighted by atomic mass is 16.3. The fourth-order valence-electron chi connectivity index (χ4n) is 2.40. The number of aryl methyl sites for hydroxylation is 2. The minimum absolute atomic E-state index is 0.00510. The van der Waals surface area contributed by atoms with Crippen LogP contribution in [0.5, 0.6) is 0 Å². The molecule has 3 rings (SSSR count). The van der Waals surface area contributed by atoms with Crippen LogP contribution in [-0.2, 0) is 17.8 Å². The Labute approximate surface area is 129 Å². The maximum atomic E-state index is 11.9. The predicted molar refractivity (Wildman–Crippen MR) is 85.4 cm³/mol. The van der Waals surface area contributed by atoms with Crippen molar-refractivity contribution in [2.45, 2.75) is 26.3 Å². The highest BCUT2D eigenvalue weighted by Crippen LogP contribution is 2.14. The van der Waals surface area contributed by atoms with E-state index in [4.69, 9.17) is 4.42 Å². The minimum Gasteiger partial charge on any atom is -0.439 e. The van der Waals surface area contributed by atoms with Gasteiger partial charge in [0.2, 0.25) is 11.8 Å². The number of aromatic nitrogens is 1. The third kappa shape index (κ3) is 3.34. The Hall–Kier alpha value is -2.62. The Morgan fingerprint density at radius 1 is 1.14 bits per heavy atom. The van der Waals surface area contributed by atoms with Crippen molar-refractivity contribution in [1.29, 1.82) is 0 Å².